The number of nitrogens with two attached hydrogens (primary N) is 1. The molecule has 13 heavy (non-hydrogen) atoms. The number of rotatable bonds is 3. The van der Waals surface area contributed by atoms with Crippen molar-refractivity contribution in [2.75, 3.05) is 0 Å². The van der Waals surface area contributed by atoms with Gasteiger partial charge in [-0.1, -0.05) is 6.07 Å². The van der Waals surface area contributed by atoms with Gasteiger partial charge in [0.25, 0.3) is 0 Å². The molecule has 72 valence electrons. The second kappa shape index (κ2) is 4.96. The molecule has 0 saturated carbocycles. The van der Waals surface area contributed by atoms with Crippen molar-refractivity contribution in [1.82, 2.24) is 0 Å². The van der Waals surface area contributed by atoms with Crippen molar-refractivity contribution in [1.29, 1.82) is 0 Å². The average Bonchev–Trinajstić information content (AvgIpc) is 2.02. The number of hydrogen-bond acceptors (Lipinski definition) is 1. The summed E-state index contributed by atoms with van der Waals surface area (Å²) in [6.07, 6.45) is 2.17. The molecule has 0 spiro atoms. The average molecular weight is 289 g/mol. The van der Waals surface area contributed by atoms with Crippen molar-refractivity contribution in [3.05, 3.63) is 32.9 Å². The Labute approximate surface area is 93.9 Å². The summed E-state index contributed by atoms with van der Waals surface area (Å²) >= 11 is 2.34. The van der Waals surface area contributed by atoms with E-state index in [1.165, 1.54) is 14.7 Å². The number of hydrogen-bond donors (Lipinski definition) is 1. The summed E-state index contributed by atoms with van der Waals surface area (Å²) in [6, 6.07) is 6.89. The van der Waals surface area contributed by atoms with Gasteiger partial charge in [0.2, 0.25) is 0 Å². The highest BCUT2D eigenvalue weighted by Gasteiger charge is 2.00. The van der Waals surface area contributed by atoms with Gasteiger partial charge in [0, 0.05) is 9.61 Å². The Kier molecular flexibility index (Phi) is 4.19. The summed E-state index contributed by atoms with van der Waals surface area (Å²) in [7, 11) is 0. The van der Waals surface area contributed by atoms with E-state index in [2.05, 4.69) is 54.6 Å². The maximum Gasteiger partial charge on any atom is 0.0133 e. The fourth-order valence-corrected chi connectivity index (χ4v) is 1.97. The van der Waals surface area contributed by atoms with Crippen LogP contribution in [0.25, 0.3) is 0 Å². The van der Waals surface area contributed by atoms with E-state index < -0.39 is 0 Å². The van der Waals surface area contributed by atoms with E-state index in [4.69, 9.17) is 5.73 Å². The highest BCUT2D eigenvalue weighted by molar-refractivity contribution is 14.1. The summed E-state index contributed by atoms with van der Waals surface area (Å²) in [5.74, 6) is 0. The molecule has 0 saturated heterocycles. The first-order chi connectivity index (χ1) is 6.09. The summed E-state index contributed by atoms with van der Waals surface area (Å²) in [6.45, 7) is 4.22. The Morgan fingerprint density at radius 3 is 2.69 bits per heavy atom. The van der Waals surface area contributed by atoms with E-state index in [0.717, 1.165) is 12.8 Å². The van der Waals surface area contributed by atoms with Crippen LogP contribution in [0, 0.1) is 10.5 Å². The molecule has 1 nitrogen and oxygen atoms in total. The van der Waals surface area contributed by atoms with E-state index in [0.29, 0.717) is 6.04 Å². The molecule has 1 atom stereocenters. The van der Waals surface area contributed by atoms with Gasteiger partial charge >= 0.3 is 0 Å². The van der Waals surface area contributed by atoms with Crippen LogP contribution >= 0.6 is 22.6 Å². The molecule has 0 amide bonds. The predicted molar refractivity (Wildman–Crippen MR) is 65.9 cm³/mol. The van der Waals surface area contributed by atoms with E-state index in [9.17, 15) is 0 Å². The zero-order chi connectivity index (χ0) is 9.84. The second-order valence-corrected chi connectivity index (χ2v) is 4.83. The van der Waals surface area contributed by atoms with Crippen molar-refractivity contribution in [2.45, 2.75) is 32.7 Å². The minimum Gasteiger partial charge on any atom is -0.328 e. The molecule has 2 heteroatoms. The molecule has 0 bridgehead atoms. The van der Waals surface area contributed by atoms with E-state index >= 15 is 0 Å². The standard InChI is InChI=1S/C11H16IN/c1-8-7-11(12)6-5-10(8)4-3-9(2)13/h5-7,9H,3-4,13H2,1-2H3/t9-/m0/s1. The van der Waals surface area contributed by atoms with Crippen molar-refractivity contribution in [3.63, 3.8) is 0 Å². The Morgan fingerprint density at radius 2 is 2.15 bits per heavy atom. The first-order valence-corrected chi connectivity index (χ1v) is 5.68. The Balaban J connectivity index is 2.67. The Morgan fingerprint density at radius 1 is 1.46 bits per heavy atom. The van der Waals surface area contributed by atoms with Crippen LogP contribution in [0.4, 0.5) is 0 Å². The molecular formula is C11H16IN. The topological polar surface area (TPSA) is 26.0 Å². The van der Waals surface area contributed by atoms with Gasteiger partial charge in [0.15, 0.2) is 0 Å². The van der Waals surface area contributed by atoms with Gasteiger partial charge < -0.3 is 5.73 Å². The van der Waals surface area contributed by atoms with Crippen molar-refractivity contribution < 1.29 is 0 Å². The lowest BCUT2D eigenvalue weighted by molar-refractivity contribution is 0.664. The molecule has 0 heterocycles. The molecule has 0 unspecified atom stereocenters. The first-order valence-electron chi connectivity index (χ1n) is 4.60. The highest BCUT2D eigenvalue weighted by Crippen LogP contribution is 2.14. The largest absolute Gasteiger partial charge is 0.328 e. The number of halogens is 1. The fraction of sp³-hybridized carbons (Fsp3) is 0.455. The van der Waals surface area contributed by atoms with Crippen LogP contribution in [0.3, 0.4) is 0 Å². The van der Waals surface area contributed by atoms with Crippen LogP contribution in [0.1, 0.15) is 24.5 Å². The van der Waals surface area contributed by atoms with Crippen molar-refractivity contribution in [3.8, 4) is 0 Å². The summed E-state index contributed by atoms with van der Waals surface area (Å²) < 4.78 is 1.31. The van der Waals surface area contributed by atoms with Gasteiger partial charge in [0.1, 0.15) is 0 Å². The maximum atomic E-state index is 5.72. The molecule has 1 rings (SSSR count). The molecule has 2 N–H and O–H groups in total. The molecule has 1 aromatic carbocycles. The van der Waals surface area contributed by atoms with E-state index in [1.54, 1.807) is 0 Å². The molecular weight excluding hydrogens is 273 g/mol. The van der Waals surface area contributed by atoms with Crippen LogP contribution in [0.5, 0.6) is 0 Å². The smallest absolute Gasteiger partial charge is 0.0133 e. The van der Waals surface area contributed by atoms with Gasteiger partial charge in [-0.15, -0.1) is 0 Å². The summed E-state index contributed by atoms with van der Waals surface area (Å²) in [4.78, 5) is 0. The maximum absolute atomic E-state index is 5.72. The van der Waals surface area contributed by atoms with Crippen molar-refractivity contribution in [2.24, 2.45) is 5.73 Å². The fourth-order valence-electron chi connectivity index (χ4n) is 1.32. The lowest BCUT2D eigenvalue weighted by Crippen LogP contribution is -2.15. The normalized spacial score (nSPS) is 12.9. The quantitative estimate of drug-likeness (QED) is 0.851. The lowest BCUT2D eigenvalue weighted by Gasteiger charge is -2.08. The SMILES string of the molecule is Cc1cc(I)ccc1CC[C@H](C)N. The Bertz CT molecular complexity index is 281. The van der Waals surface area contributed by atoms with Gasteiger partial charge in [0.05, 0.1) is 0 Å². The van der Waals surface area contributed by atoms with Crippen LogP contribution in [0.15, 0.2) is 18.2 Å². The van der Waals surface area contributed by atoms with Crippen molar-refractivity contribution >= 4 is 22.6 Å². The lowest BCUT2D eigenvalue weighted by atomic mass is 10.0. The van der Waals surface area contributed by atoms with Crippen LogP contribution in [0.2, 0.25) is 0 Å². The molecule has 0 aliphatic heterocycles. The summed E-state index contributed by atoms with van der Waals surface area (Å²) in [5.41, 5.74) is 8.53. The van der Waals surface area contributed by atoms with E-state index in [-0.39, 0.29) is 0 Å². The monoisotopic (exact) mass is 289 g/mol. The van der Waals surface area contributed by atoms with Crippen LogP contribution < -0.4 is 5.73 Å². The zero-order valence-corrected chi connectivity index (χ0v) is 10.3. The first kappa shape index (κ1) is 11.0. The molecule has 0 fully saturated rings. The third-order valence-electron chi connectivity index (χ3n) is 2.17. The molecule has 0 aliphatic rings. The zero-order valence-electron chi connectivity index (χ0n) is 8.18. The minimum absolute atomic E-state index is 0.304. The third-order valence-corrected chi connectivity index (χ3v) is 2.84. The number of aryl methyl sites for hydroxylation is 2. The molecule has 1 aromatic rings. The van der Waals surface area contributed by atoms with Gasteiger partial charge in [-0.05, 0) is 72.5 Å². The Hall–Kier alpha value is -0.0900. The summed E-state index contributed by atoms with van der Waals surface area (Å²) in [5, 5.41) is 0. The van der Waals surface area contributed by atoms with Crippen LogP contribution in [-0.4, -0.2) is 6.04 Å². The minimum atomic E-state index is 0.304. The van der Waals surface area contributed by atoms with Crippen LogP contribution in [-0.2, 0) is 6.42 Å². The second-order valence-electron chi connectivity index (χ2n) is 3.59. The van der Waals surface area contributed by atoms with Gasteiger partial charge in [-0.25, -0.2) is 0 Å². The van der Waals surface area contributed by atoms with E-state index in [1.807, 2.05) is 0 Å². The predicted octanol–water partition coefficient (Wildman–Crippen LogP) is 2.88. The number of benzene rings is 1. The van der Waals surface area contributed by atoms with Gasteiger partial charge in [-0.3, -0.25) is 0 Å². The third kappa shape index (κ3) is 3.65. The molecule has 0 aliphatic carbocycles. The molecule has 0 aromatic heterocycles. The molecule has 0 radical (unpaired) electrons. The van der Waals surface area contributed by atoms with Gasteiger partial charge in [-0.2, -0.15) is 0 Å². The highest BCUT2D eigenvalue weighted by atomic mass is 127.